The van der Waals surface area contributed by atoms with Gasteiger partial charge in [-0.25, -0.2) is 9.37 Å². The van der Waals surface area contributed by atoms with Gasteiger partial charge in [0.05, 0.1) is 5.56 Å². The predicted molar refractivity (Wildman–Crippen MR) is 34.6 cm³/mol. The number of hydrogen-bond acceptors (Lipinski definition) is 2. The standard InChI is InChI=1S/C6H2ClF2NO/c7-5-3(2-11)1-4(8)6(9)10-5/h1-2H. The molecule has 1 heterocycles. The Labute approximate surface area is 65.8 Å². The molecule has 0 unspecified atom stereocenters. The van der Waals surface area contributed by atoms with Crippen LogP contribution >= 0.6 is 11.6 Å². The number of aromatic nitrogens is 1. The zero-order valence-electron chi connectivity index (χ0n) is 5.14. The second kappa shape index (κ2) is 2.92. The molecule has 0 aliphatic heterocycles. The molecule has 1 rings (SSSR count). The molecule has 0 aromatic carbocycles. The van der Waals surface area contributed by atoms with Crippen LogP contribution in [0.2, 0.25) is 5.15 Å². The van der Waals surface area contributed by atoms with E-state index in [0.29, 0.717) is 12.4 Å². The van der Waals surface area contributed by atoms with Gasteiger partial charge in [0.2, 0.25) is 5.95 Å². The van der Waals surface area contributed by atoms with Gasteiger partial charge in [-0.2, -0.15) is 4.39 Å². The van der Waals surface area contributed by atoms with Gasteiger partial charge < -0.3 is 0 Å². The molecule has 2 nitrogen and oxygen atoms in total. The second-order valence-corrected chi connectivity index (χ2v) is 2.12. The molecule has 0 aliphatic carbocycles. The van der Waals surface area contributed by atoms with Crippen molar-refractivity contribution < 1.29 is 13.6 Å². The lowest BCUT2D eigenvalue weighted by atomic mass is 10.3. The Hall–Kier alpha value is -1.03. The van der Waals surface area contributed by atoms with Crippen molar-refractivity contribution in [3.63, 3.8) is 0 Å². The maximum atomic E-state index is 12.3. The molecule has 11 heavy (non-hydrogen) atoms. The van der Waals surface area contributed by atoms with E-state index in [0.717, 1.165) is 0 Å². The van der Waals surface area contributed by atoms with Crippen molar-refractivity contribution in [2.24, 2.45) is 0 Å². The first-order chi connectivity index (χ1) is 5.15. The van der Waals surface area contributed by atoms with E-state index in [-0.39, 0.29) is 10.7 Å². The lowest BCUT2D eigenvalue weighted by molar-refractivity contribution is 0.112. The topological polar surface area (TPSA) is 30.0 Å². The maximum absolute atomic E-state index is 12.3. The van der Waals surface area contributed by atoms with E-state index in [2.05, 4.69) is 4.98 Å². The first-order valence-electron chi connectivity index (χ1n) is 2.62. The zero-order valence-corrected chi connectivity index (χ0v) is 5.90. The first kappa shape index (κ1) is 8.07. The highest BCUT2D eigenvalue weighted by Crippen LogP contribution is 2.13. The van der Waals surface area contributed by atoms with Crippen LogP contribution in [0, 0.1) is 11.8 Å². The van der Waals surface area contributed by atoms with Crippen LogP contribution in [0.4, 0.5) is 8.78 Å². The fraction of sp³-hybridized carbons (Fsp3) is 0. The lowest BCUT2D eigenvalue weighted by Crippen LogP contribution is -1.94. The fourth-order valence-electron chi connectivity index (χ4n) is 0.542. The van der Waals surface area contributed by atoms with Crippen LogP contribution in [0.15, 0.2) is 6.07 Å². The molecule has 0 saturated heterocycles. The van der Waals surface area contributed by atoms with Gasteiger partial charge >= 0.3 is 0 Å². The monoisotopic (exact) mass is 177 g/mol. The SMILES string of the molecule is O=Cc1cc(F)c(F)nc1Cl. The predicted octanol–water partition coefficient (Wildman–Crippen LogP) is 1.83. The number of halogens is 3. The third-order valence-corrected chi connectivity index (χ3v) is 1.34. The average Bonchev–Trinajstić information content (AvgIpc) is 1.97. The molecule has 0 saturated carbocycles. The normalized spacial score (nSPS) is 9.73. The molecule has 0 N–H and O–H groups in total. The number of pyridine rings is 1. The molecule has 0 fully saturated rings. The Balaban J connectivity index is 3.31. The van der Waals surface area contributed by atoms with Crippen molar-refractivity contribution in [1.82, 2.24) is 4.98 Å². The molecule has 1 aromatic rings. The molecule has 1 aromatic heterocycles. The Morgan fingerprint density at radius 3 is 2.73 bits per heavy atom. The molecular weight excluding hydrogens is 176 g/mol. The number of carbonyl (C=O) groups excluding carboxylic acids is 1. The summed E-state index contributed by atoms with van der Waals surface area (Å²) >= 11 is 5.25. The summed E-state index contributed by atoms with van der Waals surface area (Å²) in [5.74, 6) is -2.49. The van der Waals surface area contributed by atoms with Crippen LogP contribution in [0.25, 0.3) is 0 Å². The molecule has 0 spiro atoms. The highest BCUT2D eigenvalue weighted by atomic mass is 35.5. The van der Waals surface area contributed by atoms with Crippen LogP contribution in [0.3, 0.4) is 0 Å². The minimum Gasteiger partial charge on any atom is -0.298 e. The Bertz CT molecular complexity index is 303. The van der Waals surface area contributed by atoms with Gasteiger partial charge in [-0.15, -0.1) is 0 Å². The van der Waals surface area contributed by atoms with Crippen molar-refractivity contribution in [1.29, 1.82) is 0 Å². The van der Waals surface area contributed by atoms with Crippen molar-refractivity contribution >= 4 is 17.9 Å². The van der Waals surface area contributed by atoms with E-state index in [9.17, 15) is 13.6 Å². The molecular formula is C6H2ClF2NO. The molecule has 0 radical (unpaired) electrons. The van der Waals surface area contributed by atoms with Gasteiger partial charge in [-0.1, -0.05) is 11.6 Å². The summed E-state index contributed by atoms with van der Waals surface area (Å²) in [7, 11) is 0. The number of aldehydes is 1. The van der Waals surface area contributed by atoms with E-state index in [1.54, 1.807) is 0 Å². The number of nitrogens with zero attached hydrogens (tertiary/aromatic N) is 1. The smallest absolute Gasteiger partial charge is 0.250 e. The number of rotatable bonds is 1. The highest BCUT2D eigenvalue weighted by Gasteiger charge is 2.08. The van der Waals surface area contributed by atoms with E-state index >= 15 is 0 Å². The van der Waals surface area contributed by atoms with E-state index in [1.165, 1.54) is 0 Å². The van der Waals surface area contributed by atoms with Crippen molar-refractivity contribution in [3.8, 4) is 0 Å². The second-order valence-electron chi connectivity index (χ2n) is 1.76. The van der Waals surface area contributed by atoms with Gasteiger partial charge in [-0.05, 0) is 6.07 Å². The summed E-state index contributed by atoms with van der Waals surface area (Å²) in [6, 6.07) is 0.692. The van der Waals surface area contributed by atoms with Gasteiger partial charge in [0.1, 0.15) is 5.15 Å². The van der Waals surface area contributed by atoms with Crippen LogP contribution in [-0.4, -0.2) is 11.3 Å². The molecule has 0 atom stereocenters. The van der Waals surface area contributed by atoms with Crippen molar-refractivity contribution in [2.45, 2.75) is 0 Å². The van der Waals surface area contributed by atoms with Gasteiger partial charge in [0, 0.05) is 0 Å². The minimum atomic E-state index is -1.30. The average molecular weight is 178 g/mol. The van der Waals surface area contributed by atoms with Crippen LogP contribution in [-0.2, 0) is 0 Å². The zero-order chi connectivity index (χ0) is 8.43. The molecule has 0 bridgehead atoms. The molecule has 0 amide bonds. The lowest BCUT2D eigenvalue weighted by Gasteiger charge is -1.95. The highest BCUT2D eigenvalue weighted by molar-refractivity contribution is 6.31. The number of hydrogen-bond donors (Lipinski definition) is 0. The summed E-state index contributed by atoms with van der Waals surface area (Å²) in [6.07, 6.45) is 0.303. The Kier molecular flexibility index (Phi) is 2.14. The van der Waals surface area contributed by atoms with Crippen LogP contribution < -0.4 is 0 Å². The Morgan fingerprint density at radius 1 is 1.55 bits per heavy atom. The van der Waals surface area contributed by atoms with Crippen LogP contribution in [0.1, 0.15) is 10.4 Å². The van der Waals surface area contributed by atoms with Gasteiger partial charge in [0.25, 0.3) is 0 Å². The summed E-state index contributed by atoms with van der Waals surface area (Å²) in [6.45, 7) is 0. The summed E-state index contributed by atoms with van der Waals surface area (Å²) in [5.41, 5.74) is -0.162. The quantitative estimate of drug-likeness (QED) is 0.484. The summed E-state index contributed by atoms with van der Waals surface area (Å²) < 4.78 is 24.5. The summed E-state index contributed by atoms with van der Waals surface area (Å²) in [4.78, 5) is 13.0. The van der Waals surface area contributed by atoms with Crippen LogP contribution in [0.5, 0.6) is 0 Å². The van der Waals surface area contributed by atoms with E-state index < -0.39 is 11.8 Å². The van der Waals surface area contributed by atoms with Crippen molar-refractivity contribution in [3.05, 3.63) is 28.5 Å². The van der Waals surface area contributed by atoms with E-state index in [4.69, 9.17) is 11.6 Å². The molecule has 58 valence electrons. The third kappa shape index (κ3) is 1.51. The van der Waals surface area contributed by atoms with Gasteiger partial charge in [-0.3, -0.25) is 4.79 Å². The largest absolute Gasteiger partial charge is 0.298 e. The molecule has 0 aliphatic rings. The minimum absolute atomic E-state index is 0.162. The first-order valence-corrected chi connectivity index (χ1v) is 2.99. The number of carbonyl (C=O) groups is 1. The van der Waals surface area contributed by atoms with E-state index in [1.807, 2.05) is 0 Å². The summed E-state index contributed by atoms with van der Waals surface area (Å²) in [5, 5.41) is -0.334. The molecule has 5 heteroatoms. The third-order valence-electron chi connectivity index (χ3n) is 1.04. The maximum Gasteiger partial charge on any atom is 0.250 e. The van der Waals surface area contributed by atoms with Gasteiger partial charge in [0.15, 0.2) is 12.1 Å². The fourth-order valence-corrected chi connectivity index (χ4v) is 0.716. The Morgan fingerprint density at radius 2 is 2.18 bits per heavy atom. The van der Waals surface area contributed by atoms with Crippen molar-refractivity contribution in [2.75, 3.05) is 0 Å².